The summed E-state index contributed by atoms with van der Waals surface area (Å²) in [6.07, 6.45) is 18.8. The second-order valence-corrected chi connectivity index (χ2v) is 11.2. The first-order valence-electron chi connectivity index (χ1n) is 14.4. The molecule has 0 radical (unpaired) electrons. The first kappa shape index (κ1) is 37.9. The first-order chi connectivity index (χ1) is 16.7. The average molecular weight is 538 g/mol. The number of hydrogen-bond acceptors (Lipinski definition) is 5. The van der Waals surface area contributed by atoms with Crippen molar-refractivity contribution in [3.05, 3.63) is 0 Å². The number of likely N-dealkylation sites (N-methyl/N-ethyl adjacent to an activating group) is 1. The zero-order valence-corrected chi connectivity index (χ0v) is 25.5. The van der Waals surface area contributed by atoms with E-state index in [2.05, 4.69) is 28.1 Å². The van der Waals surface area contributed by atoms with Crippen LogP contribution in [0.2, 0.25) is 0 Å². The smallest absolute Gasteiger partial charge is 0.189 e. The Balaban J connectivity index is 0. The van der Waals surface area contributed by atoms with Crippen LogP contribution in [0.3, 0.4) is 0 Å². The number of hydrogen-bond donors (Lipinski definition) is 0. The van der Waals surface area contributed by atoms with Gasteiger partial charge in [-0.2, -0.15) is 0 Å². The lowest BCUT2D eigenvalue weighted by Crippen LogP contribution is -3.00. The third-order valence-corrected chi connectivity index (χ3v) is 6.13. The van der Waals surface area contributed by atoms with E-state index in [9.17, 15) is 4.79 Å². The van der Waals surface area contributed by atoms with Crippen LogP contribution in [0, 0.1) is 0 Å². The molecule has 218 valence electrons. The number of ether oxygens (including phenoxy) is 4. The molecule has 0 aromatic carbocycles. The zero-order valence-electron chi connectivity index (χ0n) is 24.7. The lowest BCUT2D eigenvalue weighted by molar-refractivity contribution is -0.870. The number of unbranched alkanes of at least 4 members (excludes halogenated alkanes) is 13. The molecule has 0 bridgehead atoms. The van der Waals surface area contributed by atoms with Gasteiger partial charge in [-0.1, -0.05) is 90.4 Å². The highest BCUT2D eigenvalue weighted by atomic mass is 35.5. The molecule has 0 spiro atoms. The monoisotopic (exact) mass is 537 g/mol. The molecule has 36 heavy (non-hydrogen) atoms. The highest BCUT2D eigenvalue weighted by Gasteiger charge is 2.27. The standard InChI is InChI=1S/C29H60NO5.ClH/c1-7-8-9-10-11-12-13-14-15-16-17-18-19-20-22-33-27-29(3,35-26-28(2)31)34-25-24-32-23-21-30(4,5)6;/h7-27H2,1-6H3;1H/q+1;/p-1. The summed E-state index contributed by atoms with van der Waals surface area (Å²) in [5.74, 6) is -0.948. The molecule has 1 unspecified atom stereocenters. The van der Waals surface area contributed by atoms with E-state index in [1.807, 2.05) is 6.92 Å². The van der Waals surface area contributed by atoms with Crippen LogP contribution in [0.5, 0.6) is 0 Å². The van der Waals surface area contributed by atoms with E-state index >= 15 is 0 Å². The normalized spacial score (nSPS) is 13.4. The summed E-state index contributed by atoms with van der Waals surface area (Å²) in [6.45, 7) is 9.22. The maximum Gasteiger partial charge on any atom is 0.189 e. The first-order valence-corrected chi connectivity index (χ1v) is 14.4. The van der Waals surface area contributed by atoms with Crippen molar-refractivity contribution in [1.82, 2.24) is 0 Å². The van der Waals surface area contributed by atoms with E-state index < -0.39 is 5.79 Å². The molecule has 0 fully saturated rings. The molecule has 7 heteroatoms. The topological polar surface area (TPSA) is 54.0 Å². The molecular formula is C29H60ClNO5. The number of carbonyl (C=O) groups is 1. The Morgan fingerprint density at radius 2 is 1.17 bits per heavy atom. The molecule has 0 N–H and O–H groups in total. The third kappa shape index (κ3) is 28.3. The van der Waals surface area contributed by atoms with Gasteiger partial charge < -0.3 is 35.8 Å². The fourth-order valence-corrected chi connectivity index (χ4v) is 3.79. The Kier molecular flexibility index (Phi) is 26.4. The van der Waals surface area contributed by atoms with Gasteiger partial charge in [0.15, 0.2) is 11.6 Å². The van der Waals surface area contributed by atoms with Crippen LogP contribution in [0.1, 0.15) is 111 Å². The summed E-state index contributed by atoms with van der Waals surface area (Å²) in [6, 6.07) is 0. The van der Waals surface area contributed by atoms with Gasteiger partial charge in [0.25, 0.3) is 0 Å². The van der Waals surface area contributed by atoms with Crippen LogP contribution in [0.25, 0.3) is 0 Å². The average Bonchev–Trinajstić information content (AvgIpc) is 2.79. The number of rotatable bonds is 27. The van der Waals surface area contributed by atoms with Crippen molar-refractivity contribution < 1.29 is 40.6 Å². The minimum Gasteiger partial charge on any atom is -1.00 e. The summed E-state index contributed by atoms with van der Waals surface area (Å²) in [4.78, 5) is 11.4. The second kappa shape index (κ2) is 25.1. The van der Waals surface area contributed by atoms with Crippen molar-refractivity contribution in [1.29, 1.82) is 0 Å². The van der Waals surface area contributed by atoms with Gasteiger partial charge in [-0.15, -0.1) is 0 Å². The van der Waals surface area contributed by atoms with Crippen molar-refractivity contribution in [2.45, 2.75) is 116 Å². The van der Waals surface area contributed by atoms with E-state index in [1.54, 1.807) is 0 Å². The van der Waals surface area contributed by atoms with Crippen molar-refractivity contribution in [2.24, 2.45) is 0 Å². The molecule has 0 aliphatic carbocycles. The third-order valence-electron chi connectivity index (χ3n) is 6.13. The summed E-state index contributed by atoms with van der Waals surface area (Å²) in [7, 11) is 6.42. The SMILES string of the molecule is CCCCCCCCCCCCCCCCOCC(C)(OCCOCC[N+](C)(C)C)OCC(C)=O.[Cl-]. The van der Waals surface area contributed by atoms with Crippen LogP contribution in [-0.2, 0) is 23.7 Å². The van der Waals surface area contributed by atoms with Gasteiger partial charge in [0.05, 0.1) is 41.0 Å². The maximum atomic E-state index is 11.4. The molecule has 0 aromatic heterocycles. The molecule has 0 saturated heterocycles. The highest BCUT2D eigenvalue weighted by Crippen LogP contribution is 2.15. The van der Waals surface area contributed by atoms with Gasteiger partial charge in [-0.25, -0.2) is 0 Å². The van der Waals surface area contributed by atoms with E-state index in [4.69, 9.17) is 18.9 Å². The Labute approximate surface area is 230 Å². The molecule has 1 atom stereocenters. The fourth-order valence-electron chi connectivity index (χ4n) is 3.79. The van der Waals surface area contributed by atoms with Crippen LogP contribution in [0.15, 0.2) is 0 Å². The predicted molar refractivity (Wildman–Crippen MR) is 146 cm³/mol. The van der Waals surface area contributed by atoms with E-state index in [0.717, 1.165) is 17.4 Å². The van der Waals surface area contributed by atoms with Crippen LogP contribution < -0.4 is 12.4 Å². The van der Waals surface area contributed by atoms with Crippen LogP contribution in [0.4, 0.5) is 0 Å². The number of quaternary nitrogens is 1. The number of carbonyl (C=O) groups excluding carboxylic acids is 1. The molecular weight excluding hydrogens is 478 g/mol. The molecule has 0 rings (SSSR count). The largest absolute Gasteiger partial charge is 1.00 e. The van der Waals surface area contributed by atoms with Crippen LogP contribution >= 0.6 is 0 Å². The molecule has 0 aliphatic heterocycles. The van der Waals surface area contributed by atoms with Crippen molar-refractivity contribution >= 4 is 5.78 Å². The van der Waals surface area contributed by atoms with Crippen LogP contribution in [-0.4, -0.2) is 83.4 Å². The quantitative estimate of drug-likeness (QED) is 0.0911. The van der Waals surface area contributed by atoms with Gasteiger partial charge >= 0.3 is 0 Å². The van der Waals surface area contributed by atoms with Gasteiger partial charge in [0.2, 0.25) is 0 Å². The molecule has 0 amide bonds. The maximum absolute atomic E-state index is 11.4. The van der Waals surface area contributed by atoms with Crippen molar-refractivity contribution in [3.8, 4) is 0 Å². The molecule has 0 heterocycles. The lowest BCUT2D eigenvalue weighted by Gasteiger charge is -2.29. The Hall–Kier alpha value is -0.240. The summed E-state index contributed by atoms with van der Waals surface area (Å²) in [5, 5.41) is 0. The van der Waals surface area contributed by atoms with Gasteiger partial charge in [0, 0.05) is 6.61 Å². The van der Waals surface area contributed by atoms with E-state index in [-0.39, 0.29) is 24.8 Å². The number of halogens is 1. The summed E-state index contributed by atoms with van der Waals surface area (Å²) >= 11 is 0. The molecule has 0 saturated carbocycles. The lowest BCUT2D eigenvalue weighted by atomic mass is 10.0. The van der Waals surface area contributed by atoms with Gasteiger partial charge in [0.1, 0.15) is 19.8 Å². The minimum atomic E-state index is -0.925. The van der Waals surface area contributed by atoms with E-state index in [0.29, 0.717) is 33.0 Å². The fraction of sp³-hybridized carbons (Fsp3) is 0.966. The zero-order chi connectivity index (χ0) is 26.3. The Bertz CT molecular complexity index is 487. The van der Waals surface area contributed by atoms with Crippen molar-refractivity contribution in [2.75, 3.05) is 67.3 Å². The number of ketones is 1. The number of nitrogens with zero attached hydrogens (tertiary/aromatic N) is 1. The minimum absolute atomic E-state index is 0. The van der Waals surface area contributed by atoms with E-state index in [1.165, 1.54) is 90.4 Å². The molecule has 6 nitrogen and oxygen atoms in total. The second-order valence-electron chi connectivity index (χ2n) is 11.2. The van der Waals surface area contributed by atoms with Gasteiger partial charge in [-0.05, 0) is 20.3 Å². The van der Waals surface area contributed by atoms with Crippen molar-refractivity contribution in [3.63, 3.8) is 0 Å². The molecule has 0 aromatic rings. The molecule has 0 aliphatic rings. The predicted octanol–water partition coefficient (Wildman–Crippen LogP) is 3.55. The van der Waals surface area contributed by atoms with Gasteiger partial charge in [-0.3, -0.25) is 4.79 Å². The Morgan fingerprint density at radius 1 is 0.667 bits per heavy atom. The highest BCUT2D eigenvalue weighted by molar-refractivity contribution is 5.76. The number of Topliss-reactive ketones (excluding diaryl/α,β-unsaturated/α-hetero) is 1. The summed E-state index contributed by atoms with van der Waals surface area (Å²) in [5.41, 5.74) is 0. The summed E-state index contributed by atoms with van der Waals surface area (Å²) < 4.78 is 24.0. The Morgan fingerprint density at radius 3 is 1.64 bits per heavy atom.